The van der Waals surface area contributed by atoms with Gasteiger partial charge in [-0.2, -0.15) is 0 Å². The third kappa shape index (κ3) is 2.72. The van der Waals surface area contributed by atoms with Crippen LogP contribution in [0.25, 0.3) is 0 Å². The number of amides is 3. The fourth-order valence-corrected chi connectivity index (χ4v) is 3.08. The Morgan fingerprint density at radius 3 is 2.23 bits per heavy atom. The van der Waals surface area contributed by atoms with Crippen LogP contribution in [-0.2, 0) is 0 Å². The highest BCUT2D eigenvalue weighted by Gasteiger charge is 2.36. The number of fused-ring (bicyclic) bond motifs is 1. The van der Waals surface area contributed by atoms with Gasteiger partial charge in [0.25, 0.3) is 17.7 Å². The van der Waals surface area contributed by atoms with Crippen LogP contribution in [-0.4, -0.2) is 17.7 Å². The van der Waals surface area contributed by atoms with Crippen LogP contribution in [0.5, 0.6) is 0 Å². The van der Waals surface area contributed by atoms with Gasteiger partial charge in [0.05, 0.1) is 16.8 Å². The van der Waals surface area contributed by atoms with Crippen molar-refractivity contribution in [1.29, 1.82) is 0 Å². The molecule has 0 fully saturated rings. The van der Waals surface area contributed by atoms with E-state index in [0.717, 1.165) is 4.90 Å². The first kappa shape index (κ1) is 16.3. The molecule has 128 valence electrons. The number of nitrogens with zero attached hydrogens (tertiary/aromatic N) is 1. The minimum absolute atomic E-state index is 0.142. The minimum Gasteiger partial charge on any atom is -0.444 e. The molecule has 7 heteroatoms. The summed E-state index contributed by atoms with van der Waals surface area (Å²) in [6.07, 6.45) is 0. The van der Waals surface area contributed by atoms with Crippen LogP contribution < -0.4 is 10.2 Å². The van der Waals surface area contributed by atoms with Crippen molar-refractivity contribution >= 4 is 45.0 Å². The minimum atomic E-state index is -0.435. The average Bonchev–Trinajstić information content (AvgIpc) is 3.18. The summed E-state index contributed by atoms with van der Waals surface area (Å²) >= 11 is 3.14. The Bertz CT molecular complexity index is 1020. The Labute approximate surface area is 156 Å². The number of carbonyl (C=O) groups excluding carboxylic acids is 3. The number of halogens is 1. The topological polar surface area (TPSA) is 79.6 Å². The van der Waals surface area contributed by atoms with Crippen molar-refractivity contribution in [2.75, 3.05) is 10.2 Å². The van der Waals surface area contributed by atoms with E-state index in [4.69, 9.17) is 4.42 Å². The molecule has 3 aromatic rings. The Hall–Kier alpha value is -3.19. The number of hydrogen-bond donors (Lipinski definition) is 1. The van der Waals surface area contributed by atoms with E-state index in [9.17, 15) is 14.4 Å². The van der Waals surface area contributed by atoms with Crippen LogP contribution in [0.3, 0.4) is 0 Å². The standard InChI is InChI=1S/C19H11BrN2O4/c20-16-9-8-15(26-16)17(23)21-11-4-3-5-12(10-11)22-18(24)13-6-1-2-7-14(13)19(22)25/h1-10H,(H,21,23). The highest BCUT2D eigenvalue weighted by Crippen LogP contribution is 2.30. The summed E-state index contributed by atoms with van der Waals surface area (Å²) in [5.74, 6) is -1.06. The van der Waals surface area contributed by atoms with Gasteiger partial charge in [-0.05, 0) is 58.4 Å². The second-order valence-corrected chi connectivity index (χ2v) is 6.38. The van der Waals surface area contributed by atoms with Gasteiger partial charge in [0.2, 0.25) is 0 Å². The zero-order chi connectivity index (χ0) is 18.3. The van der Waals surface area contributed by atoms with E-state index in [-0.39, 0.29) is 17.6 Å². The molecule has 0 bridgehead atoms. The number of anilines is 2. The quantitative estimate of drug-likeness (QED) is 0.659. The molecule has 4 rings (SSSR count). The highest BCUT2D eigenvalue weighted by molar-refractivity contribution is 9.10. The largest absolute Gasteiger partial charge is 0.444 e. The number of carbonyl (C=O) groups is 3. The van der Waals surface area contributed by atoms with Crippen LogP contribution in [0.2, 0.25) is 0 Å². The predicted molar refractivity (Wildman–Crippen MR) is 98.4 cm³/mol. The Kier molecular flexibility index (Phi) is 3.93. The predicted octanol–water partition coefficient (Wildman–Crippen LogP) is 4.10. The summed E-state index contributed by atoms with van der Waals surface area (Å²) < 4.78 is 5.66. The number of furan rings is 1. The Morgan fingerprint density at radius 2 is 1.62 bits per heavy atom. The van der Waals surface area contributed by atoms with Gasteiger partial charge in [0, 0.05) is 5.69 Å². The zero-order valence-corrected chi connectivity index (χ0v) is 14.8. The maximum absolute atomic E-state index is 12.6. The number of benzene rings is 2. The van der Waals surface area contributed by atoms with Gasteiger partial charge in [-0.3, -0.25) is 14.4 Å². The zero-order valence-electron chi connectivity index (χ0n) is 13.2. The highest BCUT2D eigenvalue weighted by atomic mass is 79.9. The monoisotopic (exact) mass is 410 g/mol. The average molecular weight is 411 g/mol. The van der Waals surface area contributed by atoms with Gasteiger partial charge >= 0.3 is 0 Å². The van der Waals surface area contributed by atoms with Crippen LogP contribution in [0.1, 0.15) is 31.3 Å². The summed E-state index contributed by atoms with van der Waals surface area (Å²) in [5.41, 5.74) is 1.56. The lowest BCUT2D eigenvalue weighted by Gasteiger charge is -2.15. The van der Waals surface area contributed by atoms with Crippen molar-refractivity contribution in [2.45, 2.75) is 0 Å². The Morgan fingerprint density at radius 1 is 0.923 bits per heavy atom. The fourth-order valence-electron chi connectivity index (χ4n) is 2.78. The van der Waals surface area contributed by atoms with E-state index in [0.29, 0.717) is 27.2 Å². The molecule has 1 aliphatic rings. The summed E-state index contributed by atoms with van der Waals surface area (Å²) in [5, 5.41) is 2.68. The number of hydrogen-bond acceptors (Lipinski definition) is 4. The summed E-state index contributed by atoms with van der Waals surface area (Å²) in [6, 6.07) is 16.4. The van der Waals surface area contributed by atoms with Gasteiger partial charge in [0.15, 0.2) is 10.4 Å². The lowest BCUT2D eigenvalue weighted by Crippen LogP contribution is -2.29. The molecule has 2 heterocycles. The molecule has 3 amide bonds. The first-order valence-electron chi connectivity index (χ1n) is 7.69. The lowest BCUT2D eigenvalue weighted by molar-refractivity contribution is 0.0925. The molecule has 0 atom stereocenters. The van der Waals surface area contributed by atoms with Crippen LogP contribution >= 0.6 is 15.9 Å². The lowest BCUT2D eigenvalue weighted by atomic mass is 10.1. The molecule has 1 aromatic heterocycles. The van der Waals surface area contributed by atoms with E-state index in [1.165, 1.54) is 6.07 Å². The molecule has 26 heavy (non-hydrogen) atoms. The van der Waals surface area contributed by atoms with E-state index >= 15 is 0 Å². The van der Waals surface area contributed by atoms with E-state index < -0.39 is 5.91 Å². The summed E-state index contributed by atoms with van der Waals surface area (Å²) in [4.78, 5) is 38.4. The van der Waals surface area contributed by atoms with Crippen LogP contribution in [0.15, 0.2) is 69.8 Å². The molecule has 0 spiro atoms. The van der Waals surface area contributed by atoms with Gasteiger partial charge in [-0.15, -0.1) is 0 Å². The van der Waals surface area contributed by atoms with Gasteiger partial charge in [-0.1, -0.05) is 18.2 Å². The van der Waals surface area contributed by atoms with Crippen molar-refractivity contribution in [2.24, 2.45) is 0 Å². The normalized spacial score (nSPS) is 13.0. The summed E-state index contributed by atoms with van der Waals surface area (Å²) in [6.45, 7) is 0. The van der Waals surface area contributed by atoms with E-state index in [1.54, 1.807) is 54.6 Å². The summed E-state index contributed by atoms with van der Waals surface area (Å²) in [7, 11) is 0. The third-order valence-corrected chi connectivity index (χ3v) is 4.38. The SMILES string of the molecule is O=C(Nc1cccc(N2C(=O)c3ccccc3C2=O)c1)c1ccc(Br)o1. The Balaban J connectivity index is 1.62. The third-order valence-electron chi connectivity index (χ3n) is 3.95. The van der Waals surface area contributed by atoms with Crippen molar-refractivity contribution in [3.05, 3.63) is 82.2 Å². The molecule has 6 nitrogen and oxygen atoms in total. The van der Waals surface area contributed by atoms with Crippen molar-refractivity contribution in [3.8, 4) is 0 Å². The maximum atomic E-state index is 12.6. The molecular weight excluding hydrogens is 400 g/mol. The second-order valence-electron chi connectivity index (χ2n) is 5.60. The molecule has 0 radical (unpaired) electrons. The molecule has 0 aliphatic carbocycles. The smallest absolute Gasteiger partial charge is 0.291 e. The van der Waals surface area contributed by atoms with Gasteiger partial charge < -0.3 is 9.73 Å². The van der Waals surface area contributed by atoms with Crippen molar-refractivity contribution < 1.29 is 18.8 Å². The number of imide groups is 1. The molecule has 1 N–H and O–H groups in total. The van der Waals surface area contributed by atoms with E-state index in [2.05, 4.69) is 21.2 Å². The maximum Gasteiger partial charge on any atom is 0.291 e. The van der Waals surface area contributed by atoms with Crippen LogP contribution in [0, 0.1) is 0 Å². The van der Waals surface area contributed by atoms with Crippen LogP contribution in [0.4, 0.5) is 11.4 Å². The van der Waals surface area contributed by atoms with Gasteiger partial charge in [0.1, 0.15) is 0 Å². The molecule has 2 aromatic carbocycles. The molecule has 0 saturated heterocycles. The van der Waals surface area contributed by atoms with Crippen molar-refractivity contribution in [3.63, 3.8) is 0 Å². The van der Waals surface area contributed by atoms with Gasteiger partial charge in [-0.25, -0.2) is 4.90 Å². The fraction of sp³-hybridized carbons (Fsp3) is 0. The number of nitrogens with one attached hydrogen (secondary N) is 1. The van der Waals surface area contributed by atoms with E-state index in [1.807, 2.05) is 0 Å². The molecule has 1 aliphatic heterocycles. The molecule has 0 unspecified atom stereocenters. The second kappa shape index (κ2) is 6.27. The first-order chi connectivity index (χ1) is 12.5. The number of rotatable bonds is 3. The van der Waals surface area contributed by atoms with Crippen molar-refractivity contribution in [1.82, 2.24) is 0 Å². The first-order valence-corrected chi connectivity index (χ1v) is 8.48. The molecular formula is C19H11BrN2O4. The molecule has 0 saturated carbocycles.